The smallest absolute Gasteiger partial charge is 0.255 e. The highest BCUT2D eigenvalue weighted by molar-refractivity contribution is 7.10. The van der Waals surface area contributed by atoms with Gasteiger partial charge in [0.1, 0.15) is 5.82 Å². The molecule has 0 saturated carbocycles. The van der Waals surface area contributed by atoms with Gasteiger partial charge < -0.3 is 19.9 Å². The summed E-state index contributed by atoms with van der Waals surface area (Å²) < 4.78 is 5.39. The van der Waals surface area contributed by atoms with Gasteiger partial charge in [0.25, 0.3) is 5.91 Å². The van der Waals surface area contributed by atoms with Gasteiger partial charge in [-0.1, -0.05) is 6.07 Å². The fourth-order valence-electron chi connectivity index (χ4n) is 2.90. The van der Waals surface area contributed by atoms with Gasteiger partial charge in [-0.05, 0) is 37.7 Å². The zero-order valence-corrected chi connectivity index (χ0v) is 15.5. The molecular weight excluding hydrogens is 336 g/mol. The molecule has 0 radical (unpaired) electrons. The quantitative estimate of drug-likeness (QED) is 0.854. The largest absolute Gasteiger partial charge is 0.378 e. The minimum atomic E-state index is -0.0852. The molecular formula is C18H24N4O2S. The molecule has 1 atom stereocenters. The summed E-state index contributed by atoms with van der Waals surface area (Å²) in [4.78, 5) is 22.7. The lowest BCUT2D eigenvalue weighted by atomic mass is 10.2. The van der Waals surface area contributed by atoms with Crippen LogP contribution in [0.2, 0.25) is 0 Å². The number of anilines is 1. The van der Waals surface area contributed by atoms with E-state index in [1.807, 2.05) is 32.3 Å². The molecule has 3 heterocycles. The SMILES string of the molecule is CN(C)C(CNC(=O)c1cccnc1N1CCOCC1)c1cccs1. The minimum absolute atomic E-state index is 0.0852. The van der Waals surface area contributed by atoms with Gasteiger partial charge in [0.05, 0.1) is 24.8 Å². The van der Waals surface area contributed by atoms with Gasteiger partial charge >= 0.3 is 0 Å². The van der Waals surface area contributed by atoms with Gasteiger partial charge in [-0.15, -0.1) is 11.3 Å². The van der Waals surface area contributed by atoms with E-state index < -0.39 is 0 Å². The van der Waals surface area contributed by atoms with Crippen molar-refractivity contribution in [3.8, 4) is 0 Å². The summed E-state index contributed by atoms with van der Waals surface area (Å²) in [5, 5.41) is 5.14. The first-order chi connectivity index (χ1) is 12.2. The predicted octanol–water partition coefficient (Wildman–Crippen LogP) is 2.01. The maximum Gasteiger partial charge on any atom is 0.255 e. The van der Waals surface area contributed by atoms with Crippen LogP contribution in [0.15, 0.2) is 35.8 Å². The number of hydrogen-bond acceptors (Lipinski definition) is 6. The van der Waals surface area contributed by atoms with Crippen LogP contribution in [0.3, 0.4) is 0 Å². The summed E-state index contributed by atoms with van der Waals surface area (Å²) >= 11 is 1.71. The predicted molar refractivity (Wildman–Crippen MR) is 100 cm³/mol. The number of carbonyl (C=O) groups is 1. The number of carbonyl (C=O) groups excluding carboxylic acids is 1. The molecule has 2 aromatic heterocycles. The van der Waals surface area contributed by atoms with Gasteiger partial charge in [0, 0.05) is 30.7 Å². The van der Waals surface area contributed by atoms with E-state index in [9.17, 15) is 4.79 Å². The highest BCUT2D eigenvalue weighted by Gasteiger charge is 2.21. The topological polar surface area (TPSA) is 57.7 Å². The van der Waals surface area contributed by atoms with Crippen LogP contribution in [0.4, 0.5) is 5.82 Å². The normalized spacial score (nSPS) is 16.0. The van der Waals surface area contributed by atoms with Crippen LogP contribution in [-0.4, -0.2) is 62.7 Å². The Balaban J connectivity index is 1.71. The Morgan fingerprint density at radius 2 is 2.16 bits per heavy atom. The zero-order chi connectivity index (χ0) is 17.6. The molecule has 6 nitrogen and oxygen atoms in total. The van der Waals surface area contributed by atoms with Crippen molar-refractivity contribution in [2.24, 2.45) is 0 Å². The van der Waals surface area contributed by atoms with E-state index in [0.29, 0.717) is 25.3 Å². The molecule has 1 aliphatic heterocycles. The van der Waals surface area contributed by atoms with E-state index in [1.54, 1.807) is 17.5 Å². The Kier molecular flexibility index (Phi) is 6.01. The van der Waals surface area contributed by atoms with Crippen molar-refractivity contribution in [3.05, 3.63) is 46.3 Å². The third kappa shape index (κ3) is 4.36. The molecule has 1 amide bonds. The van der Waals surface area contributed by atoms with E-state index in [4.69, 9.17) is 4.74 Å². The van der Waals surface area contributed by atoms with E-state index in [2.05, 4.69) is 31.5 Å². The molecule has 0 aliphatic carbocycles. The molecule has 1 fully saturated rings. The molecule has 1 N–H and O–H groups in total. The lowest BCUT2D eigenvalue weighted by molar-refractivity contribution is 0.0940. The van der Waals surface area contributed by atoms with Crippen molar-refractivity contribution in [2.75, 3.05) is 51.8 Å². The summed E-state index contributed by atoms with van der Waals surface area (Å²) in [6.45, 7) is 3.40. The molecule has 134 valence electrons. The molecule has 0 aromatic carbocycles. The van der Waals surface area contributed by atoms with Crippen molar-refractivity contribution in [2.45, 2.75) is 6.04 Å². The van der Waals surface area contributed by atoms with E-state index in [1.165, 1.54) is 4.88 Å². The molecule has 0 spiro atoms. The molecule has 2 aromatic rings. The second-order valence-electron chi connectivity index (χ2n) is 6.18. The van der Waals surface area contributed by atoms with E-state index >= 15 is 0 Å². The second-order valence-corrected chi connectivity index (χ2v) is 7.16. The number of rotatable bonds is 6. The fraction of sp³-hybridized carbons (Fsp3) is 0.444. The highest BCUT2D eigenvalue weighted by Crippen LogP contribution is 2.23. The van der Waals surface area contributed by atoms with Crippen LogP contribution >= 0.6 is 11.3 Å². The monoisotopic (exact) mass is 360 g/mol. The van der Waals surface area contributed by atoms with Crippen LogP contribution in [0.1, 0.15) is 21.3 Å². The molecule has 3 rings (SSSR count). The van der Waals surface area contributed by atoms with Gasteiger partial charge in [-0.25, -0.2) is 4.98 Å². The molecule has 0 bridgehead atoms. The van der Waals surface area contributed by atoms with Crippen molar-refractivity contribution in [1.29, 1.82) is 0 Å². The van der Waals surface area contributed by atoms with Crippen molar-refractivity contribution in [3.63, 3.8) is 0 Å². The lowest BCUT2D eigenvalue weighted by Gasteiger charge is -2.29. The number of thiophene rings is 1. The second kappa shape index (κ2) is 8.42. The summed E-state index contributed by atoms with van der Waals surface area (Å²) in [6.07, 6.45) is 1.73. The first-order valence-electron chi connectivity index (χ1n) is 8.42. The number of nitrogens with zero attached hydrogens (tertiary/aromatic N) is 3. The number of likely N-dealkylation sites (N-methyl/N-ethyl adjacent to an activating group) is 1. The lowest BCUT2D eigenvalue weighted by Crippen LogP contribution is -2.39. The summed E-state index contributed by atoms with van der Waals surface area (Å²) in [6, 6.07) is 7.94. The van der Waals surface area contributed by atoms with Crippen LogP contribution in [0.5, 0.6) is 0 Å². The number of ether oxygens (including phenoxy) is 1. The maximum absolute atomic E-state index is 12.8. The minimum Gasteiger partial charge on any atom is -0.378 e. The third-order valence-corrected chi connectivity index (χ3v) is 5.27. The van der Waals surface area contributed by atoms with Gasteiger partial charge in [0.15, 0.2) is 0 Å². The molecule has 1 aliphatic rings. The highest BCUT2D eigenvalue weighted by atomic mass is 32.1. The first kappa shape index (κ1) is 17.8. The number of pyridine rings is 1. The van der Waals surface area contributed by atoms with Gasteiger partial charge in [0.2, 0.25) is 0 Å². The third-order valence-electron chi connectivity index (χ3n) is 4.29. The molecule has 25 heavy (non-hydrogen) atoms. The number of morpholine rings is 1. The average molecular weight is 360 g/mol. The zero-order valence-electron chi connectivity index (χ0n) is 14.6. The molecule has 1 unspecified atom stereocenters. The number of aromatic nitrogens is 1. The van der Waals surface area contributed by atoms with Crippen molar-refractivity contribution in [1.82, 2.24) is 15.2 Å². The number of nitrogens with one attached hydrogen (secondary N) is 1. The first-order valence-corrected chi connectivity index (χ1v) is 9.30. The van der Waals surface area contributed by atoms with Crippen LogP contribution in [0, 0.1) is 0 Å². The Labute approximate surface area is 152 Å². The summed E-state index contributed by atoms with van der Waals surface area (Å²) in [5.74, 6) is 0.652. The Bertz CT molecular complexity index is 684. The van der Waals surface area contributed by atoms with Gasteiger partial charge in [-0.2, -0.15) is 0 Å². The Morgan fingerprint density at radius 1 is 1.36 bits per heavy atom. The van der Waals surface area contributed by atoms with Crippen LogP contribution in [-0.2, 0) is 4.74 Å². The average Bonchev–Trinajstić information content (AvgIpc) is 3.16. The standard InChI is InChI=1S/C18H24N4O2S/c1-21(2)15(16-6-4-12-25-16)13-20-18(23)14-5-3-7-19-17(14)22-8-10-24-11-9-22/h3-7,12,15H,8-11,13H2,1-2H3,(H,20,23). The number of amides is 1. The summed E-state index contributed by atoms with van der Waals surface area (Å²) in [5.41, 5.74) is 0.619. The van der Waals surface area contributed by atoms with E-state index in [-0.39, 0.29) is 11.9 Å². The summed E-state index contributed by atoms with van der Waals surface area (Å²) in [7, 11) is 4.06. The van der Waals surface area contributed by atoms with Crippen LogP contribution in [0.25, 0.3) is 0 Å². The Morgan fingerprint density at radius 3 is 2.84 bits per heavy atom. The number of hydrogen-bond donors (Lipinski definition) is 1. The van der Waals surface area contributed by atoms with Crippen molar-refractivity contribution < 1.29 is 9.53 Å². The van der Waals surface area contributed by atoms with Crippen molar-refractivity contribution >= 4 is 23.1 Å². The molecule has 1 saturated heterocycles. The van der Waals surface area contributed by atoms with E-state index in [0.717, 1.165) is 18.9 Å². The maximum atomic E-state index is 12.8. The van der Waals surface area contributed by atoms with Gasteiger partial charge in [-0.3, -0.25) is 4.79 Å². The molecule has 7 heteroatoms. The Hall–Kier alpha value is -1.96. The fourth-order valence-corrected chi connectivity index (χ4v) is 3.83. The van der Waals surface area contributed by atoms with Crippen LogP contribution < -0.4 is 10.2 Å².